The van der Waals surface area contributed by atoms with E-state index in [4.69, 9.17) is 0 Å². The summed E-state index contributed by atoms with van der Waals surface area (Å²) in [6, 6.07) is 12.0. The Balaban J connectivity index is 1.56. The molecule has 1 N–H and O–H groups in total. The summed E-state index contributed by atoms with van der Waals surface area (Å²) < 4.78 is 2.21. The first-order chi connectivity index (χ1) is 10.6. The maximum Gasteiger partial charge on any atom is 0.261 e. The van der Waals surface area contributed by atoms with Gasteiger partial charge in [0.1, 0.15) is 5.82 Å². The molecule has 0 fully saturated rings. The van der Waals surface area contributed by atoms with Crippen molar-refractivity contribution in [2.75, 3.05) is 6.54 Å². The number of aromatic nitrogens is 2. The number of carbonyl (C=O) groups is 1. The monoisotopic (exact) mass is 313 g/mol. The summed E-state index contributed by atoms with van der Waals surface area (Å²) in [6.45, 7) is 5.55. The van der Waals surface area contributed by atoms with Crippen LogP contribution in [0.1, 0.15) is 26.8 Å². The van der Waals surface area contributed by atoms with Gasteiger partial charge in [-0.15, -0.1) is 11.3 Å². The molecule has 0 saturated heterocycles. The van der Waals surface area contributed by atoms with Crippen LogP contribution in [-0.4, -0.2) is 22.0 Å². The molecule has 3 rings (SSSR count). The lowest BCUT2D eigenvalue weighted by atomic mass is 10.3. The Hall–Kier alpha value is -2.14. The predicted molar refractivity (Wildman–Crippen MR) is 90.5 cm³/mol. The van der Waals surface area contributed by atoms with Crippen LogP contribution in [0.5, 0.6) is 0 Å². The summed E-state index contributed by atoms with van der Waals surface area (Å²) in [5.74, 6) is 1.03. The number of imidazole rings is 1. The van der Waals surface area contributed by atoms with Crippen LogP contribution in [0.15, 0.2) is 36.4 Å². The zero-order valence-electron chi connectivity index (χ0n) is 12.8. The van der Waals surface area contributed by atoms with Crippen molar-refractivity contribution in [3.05, 3.63) is 52.0 Å². The summed E-state index contributed by atoms with van der Waals surface area (Å²) >= 11 is 1.53. The van der Waals surface area contributed by atoms with Gasteiger partial charge in [-0.05, 0) is 44.5 Å². The number of hydrogen-bond donors (Lipinski definition) is 1. The highest BCUT2D eigenvalue weighted by Gasteiger charge is 2.08. The van der Waals surface area contributed by atoms with Gasteiger partial charge >= 0.3 is 0 Å². The number of para-hydroxylation sites is 2. The van der Waals surface area contributed by atoms with Crippen LogP contribution in [0.4, 0.5) is 0 Å². The van der Waals surface area contributed by atoms with Gasteiger partial charge in [-0.2, -0.15) is 0 Å². The lowest BCUT2D eigenvalue weighted by molar-refractivity contribution is 0.0957. The largest absolute Gasteiger partial charge is 0.351 e. The Morgan fingerprint density at radius 3 is 2.82 bits per heavy atom. The van der Waals surface area contributed by atoms with E-state index in [1.54, 1.807) is 0 Å². The topological polar surface area (TPSA) is 46.9 Å². The van der Waals surface area contributed by atoms with E-state index in [1.807, 2.05) is 44.2 Å². The molecule has 0 atom stereocenters. The normalized spacial score (nSPS) is 11.0. The van der Waals surface area contributed by atoms with Crippen molar-refractivity contribution in [3.8, 4) is 0 Å². The van der Waals surface area contributed by atoms with E-state index >= 15 is 0 Å². The summed E-state index contributed by atoms with van der Waals surface area (Å²) in [7, 11) is 0. The maximum absolute atomic E-state index is 12.0. The number of nitrogens with zero attached hydrogens (tertiary/aromatic N) is 2. The molecule has 22 heavy (non-hydrogen) atoms. The molecule has 0 radical (unpaired) electrons. The van der Waals surface area contributed by atoms with Gasteiger partial charge in [-0.1, -0.05) is 12.1 Å². The number of benzene rings is 1. The Labute approximate surface area is 133 Å². The van der Waals surface area contributed by atoms with Crippen molar-refractivity contribution in [1.29, 1.82) is 0 Å². The molecule has 1 aromatic carbocycles. The summed E-state index contributed by atoms with van der Waals surface area (Å²) in [6.07, 6.45) is 0.886. The maximum atomic E-state index is 12.0. The highest BCUT2D eigenvalue weighted by Crippen LogP contribution is 2.16. The van der Waals surface area contributed by atoms with Gasteiger partial charge in [0.25, 0.3) is 5.91 Å². The van der Waals surface area contributed by atoms with Crippen LogP contribution < -0.4 is 5.32 Å². The van der Waals surface area contributed by atoms with E-state index in [1.165, 1.54) is 11.3 Å². The average molecular weight is 313 g/mol. The van der Waals surface area contributed by atoms with Gasteiger partial charge < -0.3 is 9.88 Å². The molecule has 0 bridgehead atoms. The van der Waals surface area contributed by atoms with Crippen LogP contribution in [-0.2, 0) is 6.54 Å². The minimum atomic E-state index is 0.0188. The number of fused-ring (bicyclic) bond motifs is 1. The molecule has 2 heterocycles. The first kappa shape index (κ1) is 14.8. The lowest BCUT2D eigenvalue weighted by Gasteiger charge is -2.07. The standard InChI is InChI=1S/C17H19N3OS/c1-12-8-9-16(22-12)17(21)18-10-5-11-20-13(2)19-14-6-3-4-7-15(14)20/h3-4,6-9H,5,10-11H2,1-2H3,(H,18,21). The zero-order valence-corrected chi connectivity index (χ0v) is 13.6. The van der Waals surface area contributed by atoms with Crippen LogP contribution in [0.2, 0.25) is 0 Å². The second-order valence-electron chi connectivity index (χ2n) is 5.32. The van der Waals surface area contributed by atoms with E-state index in [0.29, 0.717) is 6.54 Å². The molecule has 0 aliphatic rings. The predicted octanol–water partition coefficient (Wildman–Crippen LogP) is 3.53. The molecule has 0 aliphatic carbocycles. The van der Waals surface area contributed by atoms with E-state index in [2.05, 4.69) is 20.9 Å². The smallest absolute Gasteiger partial charge is 0.261 e. The van der Waals surface area contributed by atoms with E-state index in [9.17, 15) is 4.79 Å². The van der Waals surface area contributed by atoms with Gasteiger partial charge in [0.2, 0.25) is 0 Å². The fourth-order valence-corrected chi connectivity index (χ4v) is 3.34. The van der Waals surface area contributed by atoms with E-state index in [-0.39, 0.29) is 5.91 Å². The number of thiophene rings is 1. The molecule has 4 nitrogen and oxygen atoms in total. The third-order valence-corrected chi connectivity index (χ3v) is 4.65. The van der Waals surface area contributed by atoms with E-state index < -0.39 is 0 Å². The number of carbonyl (C=O) groups excluding carboxylic acids is 1. The quantitative estimate of drug-likeness (QED) is 0.732. The third kappa shape index (κ3) is 3.04. The molecule has 3 aromatic rings. The lowest BCUT2D eigenvalue weighted by Crippen LogP contribution is -2.24. The average Bonchev–Trinajstić information content (AvgIpc) is 3.07. The number of rotatable bonds is 5. The van der Waals surface area contributed by atoms with Crippen molar-refractivity contribution in [1.82, 2.24) is 14.9 Å². The van der Waals surface area contributed by atoms with Crippen molar-refractivity contribution in [3.63, 3.8) is 0 Å². The van der Waals surface area contributed by atoms with Crippen LogP contribution in [0.3, 0.4) is 0 Å². The summed E-state index contributed by atoms with van der Waals surface area (Å²) in [5.41, 5.74) is 2.18. The van der Waals surface area contributed by atoms with Crippen molar-refractivity contribution in [2.24, 2.45) is 0 Å². The van der Waals surface area contributed by atoms with Crippen LogP contribution >= 0.6 is 11.3 Å². The van der Waals surface area contributed by atoms with Gasteiger partial charge in [0.05, 0.1) is 15.9 Å². The number of aryl methyl sites for hydroxylation is 3. The van der Waals surface area contributed by atoms with Crippen LogP contribution in [0, 0.1) is 13.8 Å². The zero-order chi connectivity index (χ0) is 15.5. The van der Waals surface area contributed by atoms with Gasteiger partial charge in [-0.3, -0.25) is 4.79 Å². The Bertz CT molecular complexity index is 803. The Morgan fingerprint density at radius 2 is 2.05 bits per heavy atom. The first-order valence-electron chi connectivity index (χ1n) is 7.41. The molecular weight excluding hydrogens is 294 g/mol. The molecule has 5 heteroatoms. The van der Waals surface area contributed by atoms with Gasteiger partial charge in [-0.25, -0.2) is 4.98 Å². The molecule has 0 saturated carbocycles. The summed E-state index contributed by atoms with van der Waals surface area (Å²) in [5, 5.41) is 2.98. The minimum Gasteiger partial charge on any atom is -0.351 e. The number of nitrogens with one attached hydrogen (secondary N) is 1. The van der Waals surface area contributed by atoms with Crippen molar-refractivity contribution >= 4 is 28.3 Å². The number of hydrogen-bond acceptors (Lipinski definition) is 3. The highest BCUT2D eigenvalue weighted by atomic mass is 32.1. The molecule has 0 unspecified atom stereocenters. The Kier molecular flexibility index (Phi) is 4.24. The van der Waals surface area contributed by atoms with Gasteiger partial charge in [0, 0.05) is 18.0 Å². The van der Waals surface area contributed by atoms with Gasteiger partial charge in [0.15, 0.2) is 0 Å². The molecule has 0 aliphatic heterocycles. The van der Waals surface area contributed by atoms with Crippen molar-refractivity contribution < 1.29 is 4.79 Å². The third-order valence-electron chi connectivity index (χ3n) is 3.65. The summed E-state index contributed by atoms with van der Waals surface area (Å²) in [4.78, 5) is 18.5. The minimum absolute atomic E-state index is 0.0188. The number of amides is 1. The molecule has 0 spiro atoms. The molecular formula is C17H19N3OS. The van der Waals surface area contributed by atoms with E-state index in [0.717, 1.165) is 39.6 Å². The highest BCUT2D eigenvalue weighted by molar-refractivity contribution is 7.13. The molecule has 114 valence electrons. The fourth-order valence-electron chi connectivity index (χ4n) is 2.56. The Morgan fingerprint density at radius 1 is 1.23 bits per heavy atom. The fraction of sp³-hybridized carbons (Fsp3) is 0.294. The molecule has 2 aromatic heterocycles. The second-order valence-corrected chi connectivity index (χ2v) is 6.61. The first-order valence-corrected chi connectivity index (χ1v) is 8.23. The molecule has 1 amide bonds. The SMILES string of the molecule is Cc1ccc(C(=O)NCCCn2c(C)nc3ccccc32)s1. The van der Waals surface area contributed by atoms with Crippen LogP contribution in [0.25, 0.3) is 11.0 Å². The second kappa shape index (κ2) is 6.32. The van der Waals surface area contributed by atoms with Crippen molar-refractivity contribution in [2.45, 2.75) is 26.8 Å².